The molecule has 1 N–H and O–H groups in total. The molecule has 0 saturated heterocycles. The van der Waals surface area contributed by atoms with Crippen LogP contribution in [0.25, 0.3) is 0 Å². The number of halogens is 1. The normalized spacial score (nSPS) is 12.2. The average Bonchev–Trinajstić information content (AvgIpc) is 2.42. The van der Waals surface area contributed by atoms with E-state index in [1.165, 1.54) is 31.4 Å². The lowest BCUT2D eigenvalue weighted by molar-refractivity contribution is -0.120. The first kappa shape index (κ1) is 15.7. The van der Waals surface area contributed by atoms with E-state index in [0.29, 0.717) is 12.3 Å². The molecule has 0 aromatic heterocycles. The van der Waals surface area contributed by atoms with Gasteiger partial charge in [0.15, 0.2) is 0 Å². The van der Waals surface area contributed by atoms with Crippen molar-refractivity contribution in [1.29, 1.82) is 0 Å². The second kappa shape index (κ2) is 8.68. The number of amides is 1. The van der Waals surface area contributed by atoms with Gasteiger partial charge in [-0.3, -0.25) is 4.79 Å². The van der Waals surface area contributed by atoms with Crippen molar-refractivity contribution in [2.75, 3.05) is 6.54 Å². The average molecular weight is 265 g/mol. The lowest BCUT2D eigenvalue weighted by Crippen LogP contribution is -2.30. The Morgan fingerprint density at radius 1 is 1.26 bits per heavy atom. The summed E-state index contributed by atoms with van der Waals surface area (Å²) in [5.41, 5.74) is 0.848. The quantitative estimate of drug-likeness (QED) is 0.763. The van der Waals surface area contributed by atoms with Crippen molar-refractivity contribution in [3.63, 3.8) is 0 Å². The van der Waals surface area contributed by atoms with Crippen molar-refractivity contribution >= 4 is 5.91 Å². The minimum Gasteiger partial charge on any atom is -0.356 e. The van der Waals surface area contributed by atoms with Crippen LogP contribution in [-0.2, 0) is 11.2 Å². The Morgan fingerprint density at radius 2 is 1.95 bits per heavy atom. The first-order valence-electron chi connectivity index (χ1n) is 7.16. The van der Waals surface area contributed by atoms with Crippen LogP contribution in [0, 0.1) is 11.7 Å². The molecule has 0 fully saturated rings. The van der Waals surface area contributed by atoms with Gasteiger partial charge in [-0.15, -0.1) is 0 Å². The van der Waals surface area contributed by atoms with E-state index >= 15 is 0 Å². The molecule has 0 heterocycles. The van der Waals surface area contributed by atoms with Crippen molar-refractivity contribution in [3.8, 4) is 0 Å². The Kier molecular flexibility index (Phi) is 7.16. The van der Waals surface area contributed by atoms with Crippen molar-refractivity contribution in [3.05, 3.63) is 35.6 Å². The summed E-state index contributed by atoms with van der Waals surface area (Å²) in [7, 11) is 0. The number of nitrogens with one attached hydrogen (secondary N) is 1. The molecule has 0 unspecified atom stereocenters. The zero-order valence-corrected chi connectivity index (χ0v) is 11.9. The molecule has 106 valence electrons. The summed E-state index contributed by atoms with van der Waals surface area (Å²) in [5.74, 6) is 0.313. The van der Waals surface area contributed by atoms with Crippen LogP contribution in [0.1, 0.15) is 45.1 Å². The fourth-order valence-corrected chi connectivity index (χ4v) is 2.05. The van der Waals surface area contributed by atoms with Crippen LogP contribution in [0.2, 0.25) is 0 Å². The van der Waals surface area contributed by atoms with Crippen LogP contribution >= 0.6 is 0 Å². The van der Waals surface area contributed by atoms with Crippen molar-refractivity contribution < 1.29 is 9.18 Å². The molecule has 0 aliphatic carbocycles. The van der Waals surface area contributed by atoms with Gasteiger partial charge >= 0.3 is 0 Å². The van der Waals surface area contributed by atoms with Crippen molar-refractivity contribution in [2.45, 2.75) is 46.0 Å². The monoisotopic (exact) mass is 265 g/mol. The Morgan fingerprint density at radius 3 is 2.53 bits per heavy atom. The third kappa shape index (κ3) is 6.37. The van der Waals surface area contributed by atoms with Crippen LogP contribution in [0.4, 0.5) is 4.39 Å². The van der Waals surface area contributed by atoms with Gasteiger partial charge < -0.3 is 5.32 Å². The van der Waals surface area contributed by atoms with Gasteiger partial charge in [-0.1, -0.05) is 45.2 Å². The largest absolute Gasteiger partial charge is 0.356 e. The summed E-state index contributed by atoms with van der Waals surface area (Å²) in [6.07, 6.45) is 5.00. The highest BCUT2D eigenvalue weighted by Crippen LogP contribution is 2.11. The summed E-state index contributed by atoms with van der Waals surface area (Å²) in [6.45, 7) is 5.09. The SMILES string of the molecule is CCCC[C@@H](CC)CNC(=O)Cc1ccc(F)cc1. The Hall–Kier alpha value is -1.38. The molecule has 1 atom stereocenters. The van der Waals surface area contributed by atoms with Gasteiger partial charge in [0.25, 0.3) is 0 Å². The summed E-state index contributed by atoms with van der Waals surface area (Å²) in [4.78, 5) is 11.8. The molecule has 3 heteroatoms. The second-order valence-electron chi connectivity index (χ2n) is 5.02. The fraction of sp³-hybridized carbons (Fsp3) is 0.562. The summed E-state index contributed by atoms with van der Waals surface area (Å²) in [6, 6.07) is 6.09. The lowest BCUT2D eigenvalue weighted by Gasteiger charge is -2.15. The zero-order chi connectivity index (χ0) is 14.1. The third-order valence-electron chi connectivity index (χ3n) is 3.41. The molecule has 0 bridgehead atoms. The Balaban J connectivity index is 2.32. The van der Waals surface area contributed by atoms with Crippen molar-refractivity contribution in [2.24, 2.45) is 5.92 Å². The first-order valence-corrected chi connectivity index (χ1v) is 7.16. The molecule has 1 aromatic carbocycles. The molecule has 1 aromatic rings. The maximum absolute atomic E-state index is 12.7. The molecule has 2 nitrogen and oxygen atoms in total. The molecule has 0 radical (unpaired) electrons. The van der Waals surface area contributed by atoms with E-state index in [2.05, 4.69) is 19.2 Å². The predicted octanol–water partition coefficient (Wildman–Crippen LogP) is 3.70. The van der Waals surface area contributed by atoms with E-state index in [9.17, 15) is 9.18 Å². The molecule has 0 saturated carbocycles. The minimum atomic E-state index is -0.269. The van der Waals surface area contributed by atoms with E-state index < -0.39 is 0 Å². The van der Waals surface area contributed by atoms with Crippen LogP contribution in [0.3, 0.4) is 0 Å². The topological polar surface area (TPSA) is 29.1 Å². The molecule has 1 amide bonds. The molecule has 1 rings (SSSR count). The number of benzene rings is 1. The van der Waals surface area contributed by atoms with Crippen LogP contribution in [0.5, 0.6) is 0 Å². The molecule has 0 spiro atoms. The standard InChI is InChI=1S/C16H24FNO/c1-3-5-6-13(4-2)12-18-16(19)11-14-7-9-15(17)10-8-14/h7-10,13H,3-6,11-12H2,1-2H3,(H,18,19)/t13-/m1/s1. The van der Waals surface area contributed by atoms with Crippen molar-refractivity contribution in [1.82, 2.24) is 5.32 Å². The van der Waals surface area contributed by atoms with Gasteiger partial charge in [0.2, 0.25) is 5.91 Å². The Bertz CT molecular complexity index is 375. The summed E-state index contributed by atoms with van der Waals surface area (Å²) < 4.78 is 12.7. The van der Waals surface area contributed by atoms with Crippen LogP contribution in [0.15, 0.2) is 24.3 Å². The third-order valence-corrected chi connectivity index (χ3v) is 3.41. The first-order chi connectivity index (χ1) is 9.15. The van der Waals surface area contributed by atoms with Gasteiger partial charge in [0.1, 0.15) is 5.82 Å². The summed E-state index contributed by atoms with van der Waals surface area (Å²) in [5, 5.41) is 2.97. The second-order valence-corrected chi connectivity index (χ2v) is 5.02. The maximum atomic E-state index is 12.7. The summed E-state index contributed by atoms with van der Waals surface area (Å²) >= 11 is 0. The van der Waals surface area contributed by atoms with Gasteiger partial charge in [0, 0.05) is 6.54 Å². The molecular formula is C16H24FNO. The Labute approximate surface area is 115 Å². The predicted molar refractivity (Wildman–Crippen MR) is 76.4 cm³/mol. The highest BCUT2D eigenvalue weighted by Gasteiger charge is 2.08. The highest BCUT2D eigenvalue weighted by molar-refractivity contribution is 5.78. The highest BCUT2D eigenvalue weighted by atomic mass is 19.1. The van der Waals surface area contributed by atoms with Crippen LogP contribution in [-0.4, -0.2) is 12.5 Å². The number of hydrogen-bond donors (Lipinski definition) is 1. The van der Waals surface area contributed by atoms with Gasteiger partial charge in [-0.2, -0.15) is 0 Å². The van der Waals surface area contributed by atoms with E-state index in [1.807, 2.05) is 0 Å². The van der Waals surface area contributed by atoms with Gasteiger partial charge in [-0.05, 0) is 30.0 Å². The fourth-order valence-electron chi connectivity index (χ4n) is 2.05. The molecule has 0 aliphatic rings. The molecule has 0 aliphatic heterocycles. The van der Waals surface area contributed by atoms with E-state index in [1.54, 1.807) is 12.1 Å². The zero-order valence-electron chi connectivity index (χ0n) is 11.9. The minimum absolute atomic E-state index is 0.0153. The number of carbonyl (C=O) groups is 1. The number of hydrogen-bond acceptors (Lipinski definition) is 1. The number of rotatable bonds is 8. The lowest BCUT2D eigenvalue weighted by atomic mass is 9.99. The number of carbonyl (C=O) groups excluding carboxylic acids is 1. The van der Waals surface area contributed by atoms with E-state index in [4.69, 9.17) is 0 Å². The van der Waals surface area contributed by atoms with Gasteiger partial charge in [-0.25, -0.2) is 4.39 Å². The van der Waals surface area contributed by atoms with Crippen LogP contribution < -0.4 is 5.32 Å². The van der Waals surface area contributed by atoms with E-state index in [-0.39, 0.29) is 11.7 Å². The molecular weight excluding hydrogens is 241 g/mol. The maximum Gasteiger partial charge on any atom is 0.224 e. The number of unbranched alkanes of at least 4 members (excludes halogenated alkanes) is 1. The molecule has 19 heavy (non-hydrogen) atoms. The van der Waals surface area contributed by atoms with E-state index in [0.717, 1.165) is 18.5 Å². The smallest absolute Gasteiger partial charge is 0.224 e. The van der Waals surface area contributed by atoms with Gasteiger partial charge in [0.05, 0.1) is 6.42 Å².